The van der Waals surface area contributed by atoms with Crippen molar-refractivity contribution in [1.82, 2.24) is 5.32 Å². The molecule has 1 aliphatic rings. The molecule has 2 rings (SSSR count). The van der Waals surface area contributed by atoms with Gasteiger partial charge in [0.25, 0.3) is 0 Å². The van der Waals surface area contributed by atoms with E-state index >= 15 is 0 Å². The van der Waals surface area contributed by atoms with Crippen LogP contribution in [0.3, 0.4) is 0 Å². The van der Waals surface area contributed by atoms with E-state index in [0.29, 0.717) is 28.4 Å². The van der Waals surface area contributed by atoms with Gasteiger partial charge in [0.05, 0.1) is 6.10 Å². The maximum absolute atomic E-state index is 10.1. The highest BCUT2D eigenvalue weighted by Crippen LogP contribution is 2.62. The van der Waals surface area contributed by atoms with Gasteiger partial charge >= 0.3 is 0 Å². The third-order valence-corrected chi connectivity index (χ3v) is 5.04. The lowest BCUT2D eigenvalue weighted by Crippen LogP contribution is -2.27. The Labute approximate surface area is 114 Å². The fourth-order valence-corrected chi connectivity index (χ4v) is 2.86. The molecule has 1 saturated carbocycles. The second kappa shape index (κ2) is 4.52. The minimum absolute atomic E-state index is 0.298. The van der Waals surface area contributed by atoms with Crippen molar-refractivity contribution in [3.63, 3.8) is 0 Å². The molecule has 0 aromatic heterocycles. The van der Waals surface area contributed by atoms with E-state index in [1.54, 1.807) is 0 Å². The van der Waals surface area contributed by atoms with Gasteiger partial charge in [0.2, 0.25) is 0 Å². The Morgan fingerprint density at radius 3 is 2.11 bits per heavy atom. The second-order valence-electron chi connectivity index (χ2n) is 6.35. The molecule has 2 N–H and O–H groups in total. The van der Waals surface area contributed by atoms with Crippen molar-refractivity contribution in [3.8, 4) is 0 Å². The zero-order valence-electron chi connectivity index (χ0n) is 11.5. The Balaban J connectivity index is 1.90. The lowest BCUT2D eigenvalue weighted by molar-refractivity contribution is 0.172. The molecule has 1 aromatic carbocycles. The Morgan fingerprint density at radius 1 is 1.17 bits per heavy atom. The van der Waals surface area contributed by atoms with Gasteiger partial charge in [-0.3, -0.25) is 0 Å². The highest BCUT2D eigenvalue weighted by atomic mass is 35.5. The third-order valence-electron chi connectivity index (χ3n) is 4.79. The molecule has 0 bridgehead atoms. The number of nitrogens with one attached hydrogen (secondary N) is 1. The molecule has 2 nitrogen and oxygen atoms in total. The molecule has 1 atom stereocenters. The summed E-state index contributed by atoms with van der Waals surface area (Å²) < 4.78 is 0. The number of hydrogen-bond acceptors (Lipinski definition) is 2. The summed E-state index contributed by atoms with van der Waals surface area (Å²) in [6.07, 6.45) is -0.477. The lowest BCUT2D eigenvalue weighted by atomic mass is 10.0. The number of rotatable bonds is 4. The van der Waals surface area contributed by atoms with Crippen LogP contribution in [0.15, 0.2) is 24.3 Å². The molecule has 1 fully saturated rings. The van der Waals surface area contributed by atoms with E-state index in [1.807, 2.05) is 24.3 Å². The van der Waals surface area contributed by atoms with Crippen LogP contribution >= 0.6 is 11.6 Å². The normalized spacial score (nSPS) is 22.8. The SMILES string of the molecule is CC1(C)C(NCC(O)c2ccc(Cl)cc2)C1(C)C. The van der Waals surface area contributed by atoms with E-state index in [1.165, 1.54) is 0 Å². The van der Waals surface area contributed by atoms with Gasteiger partial charge in [0.1, 0.15) is 0 Å². The van der Waals surface area contributed by atoms with E-state index in [4.69, 9.17) is 11.6 Å². The molecule has 0 heterocycles. The summed E-state index contributed by atoms with van der Waals surface area (Å²) in [5.41, 5.74) is 1.50. The second-order valence-corrected chi connectivity index (χ2v) is 6.79. The van der Waals surface area contributed by atoms with E-state index in [2.05, 4.69) is 33.0 Å². The summed E-state index contributed by atoms with van der Waals surface area (Å²) in [6, 6.07) is 7.83. The topological polar surface area (TPSA) is 32.3 Å². The first kappa shape index (κ1) is 13.9. The first-order valence-corrected chi connectivity index (χ1v) is 6.81. The van der Waals surface area contributed by atoms with Crippen molar-refractivity contribution in [2.75, 3.05) is 6.54 Å². The van der Waals surface area contributed by atoms with Gasteiger partial charge in [-0.2, -0.15) is 0 Å². The van der Waals surface area contributed by atoms with Crippen molar-refractivity contribution in [1.29, 1.82) is 0 Å². The molecule has 0 spiro atoms. The van der Waals surface area contributed by atoms with E-state index < -0.39 is 6.10 Å². The quantitative estimate of drug-likeness (QED) is 0.876. The van der Waals surface area contributed by atoms with Crippen LogP contribution in [0.5, 0.6) is 0 Å². The maximum atomic E-state index is 10.1. The molecule has 100 valence electrons. The fraction of sp³-hybridized carbons (Fsp3) is 0.600. The van der Waals surface area contributed by atoms with Gasteiger partial charge in [-0.1, -0.05) is 51.4 Å². The largest absolute Gasteiger partial charge is 0.387 e. The van der Waals surface area contributed by atoms with Crippen LogP contribution in [-0.2, 0) is 0 Å². The van der Waals surface area contributed by atoms with Crippen molar-refractivity contribution >= 4 is 11.6 Å². The molecule has 1 aromatic rings. The van der Waals surface area contributed by atoms with E-state index in [-0.39, 0.29) is 0 Å². The predicted molar refractivity (Wildman–Crippen MR) is 75.8 cm³/mol. The third kappa shape index (κ3) is 2.29. The molecule has 18 heavy (non-hydrogen) atoms. The minimum atomic E-state index is -0.477. The first-order valence-electron chi connectivity index (χ1n) is 6.44. The zero-order chi connectivity index (χ0) is 13.6. The summed E-state index contributed by atoms with van der Waals surface area (Å²) in [5.74, 6) is 0. The molecule has 1 aliphatic carbocycles. The lowest BCUT2D eigenvalue weighted by Gasteiger charge is -2.13. The molecule has 0 saturated heterocycles. The standard InChI is InChI=1S/C15H22ClNO/c1-14(2)13(15(14,3)4)17-9-12(18)10-5-7-11(16)8-6-10/h5-8,12-13,17-18H,9H2,1-4H3. The van der Waals surface area contributed by atoms with Crippen molar-refractivity contribution < 1.29 is 5.11 Å². The van der Waals surface area contributed by atoms with Gasteiger partial charge in [0, 0.05) is 17.6 Å². The highest BCUT2D eigenvalue weighted by molar-refractivity contribution is 6.30. The van der Waals surface area contributed by atoms with Crippen LogP contribution in [0.4, 0.5) is 0 Å². The Hall–Kier alpha value is -0.570. The highest BCUT2D eigenvalue weighted by Gasteiger charge is 2.64. The van der Waals surface area contributed by atoms with Crippen molar-refractivity contribution in [2.24, 2.45) is 10.8 Å². The molecular formula is C15H22ClNO. The van der Waals surface area contributed by atoms with Gasteiger partial charge in [-0.05, 0) is 28.5 Å². The van der Waals surface area contributed by atoms with Crippen LogP contribution in [-0.4, -0.2) is 17.7 Å². The monoisotopic (exact) mass is 267 g/mol. The Morgan fingerprint density at radius 2 is 1.67 bits per heavy atom. The Bertz CT molecular complexity index is 411. The summed E-state index contributed by atoms with van der Waals surface area (Å²) in [5, 5.41) is 14.3. The molecule has 1 unspecified atom stereocenters. The van der Waals surface area contributed by atoms with E-state index in [9.17, 15) is 5.11 Å². The van der Waals surface area contributed by atoms with E-state index in [0.717, 1.165) is 5.56 Å². The van der Waals surface area contributed by atoms with Crippen LogP contribution < -0.4 is 5.32 Å². The van der Waals surface area contributed by atoms with Crippen LogP contribution in [0.2, 0.25) is 5.02 Å². The zero-order valence-corrected chi connectivity index (χ0v) is 12.3. The van der Waals surface area contributed by atoms with Crippen molar-refractivity contribution in [3.05, 3.63) is 34.9 Å². The molecular weight excluding hydrogens is 246 g/mol. The summed E-state index contributed by atoms with van der Waals surface area (Å²) in [7, 11) is 0. The molecule has 3 heteroatoms. The number of halogens is 1. The molecule has 0 aliphatic heterocycles. The number of benzene rings is 1. The first-order chi connectivity index (χ1) is 8.26. The Kier molecular flexibility index (Phi) is 3.48. The number of hydrogen-bond donors (Lipinski definition) is 2. The fourth-order valence-electron chi connectivity index (χ4n) is 2.74. The van der Waals surface area contributed by atoms with Gasteiger partial charge < -0.3 is 10.4 Å². The average molecular weight is 268 g/mol. The van der Waals surface area contributed by atoms with Crippen LogP contribution in [0.25, 0.3) is 0 Å². The summed E-state index contributed by atoms with van der Waals surface area (Å²) in [6.45, 7) is 9.64. The maximum Gasteiger partial charge on any atom is 0.0914 e. The van der Waals surface area contributed by atoms with Gasteiger partial charge in [0.15, 0.2) is 0 Å². The molecule has 0 radical (unpaired) electrons. The molecule has 0 amide bonds. The van der Waals surface area contributed by atoms with Gasteiger partial charge in [-0.25, -0.2) is 0 Å². The summed E-state index contributed by atoms with van der Waals surface area (Å²) >= 11 is 5.83. The minimum Gasteiger partial charge on any atom is -0.387 e. The summed E-state index contributed by atoms with van der Waals surface area (Å²) in [4.78, 5) is 0. The van der Waals surface area contributed by atoms with Crippen LogP contribution in [0, 0.1) is 10.8 Å². The number of aliphatic hydroxyl groups is 1. The number of aliphatic hydroxyl groups excluding tert-OH is 1. The average Bonchev–Trinajstić information content (AvgIpc) is 2.67. The van der Waals surface area contributed by atoms with Gasteiger partial charge in [-0.15, -0.1) is 0 Å². The van der Waals surface area contributed by atoms with Crippen LogP contribution in [0.1, 0.15) is 39.4 Å². The predicted octanol–water partition coefficient (Wildman–Crippen LogP) is 3.40. The smallest absolute Gasteiger partial charge is 0.0914 e. The van der Waals surface area contributed by atoms with Crippen molar-refractivity contribution in [2.45, 2.75) is 39.8 Å².